The molecule has 1 aromatic carbocycles. The van der Waals surface area contributed by atoms with Crippen LogP contribution >= 0.6 is 0 Å². The van der Waals surface area contributed by atoms with Crippen LogP contribution in [0.5, 0.6) is 5.75 Å². The van der Waals surface area contributed by atoms with Crippen molar-refractivity contribution in [2.75, 3.05) is 13.2 Å². The molecule has 33 heavy (non-hydrogen) atoms. The van der Waals surface area contributed by atoms with Crippen molar-refractivity contribution in [1.82, 2.24) is 10.1 Å². The van der Waals surface area contributed by atoms with Crippen molar-refractivity contribution in [2.45, 2.75) is 76.9 Å². The van der Waals surface area contributed by atoms with Gasteiger partial charge in [-0.05, 0) is 37.5 Å². The number of unbranched alkanes of at least 4 members (excludes halogenated alkanes) is 6. The first-order valence-corrected chi connectivity index (χ1v) is 11.6. The maximum atomic E-state index is 13.7. The van der Waals surface area contributed by atoms with Crippen LogP contribution in [0.4, 0.5) is 13.2 Å². The summed E-state index contributed by atoms with van der Waals surface area (Å²) in [7, 11) is 0. The minimum atomic E-state index is -4.57. The minimum absolute atomic E-state index is 0.0802. The Hall–Kier alpha value is -2.78. The van der Waals surface area contributed by atoms with Crippen LogP contribution in [0.25, 0.3) is 11.4 Å². The molecule has 0 bridgehead atoms. The van der Waals surface area contributed by atoms with Crippen molar-refractivity contribution >= 4 is 5.96 Å². The average Bonchev–Trinajstić information content (AvgIpc) is 3.44. The van der Waals surface area contributed by atoms with Gasteiger partial charge in [-0.3, -0.25) is 16.0 Å². The quantitative estimate of drug-likeness (QED) is 0.273. The van der Waals surface area contributed by atoms with Crippen LogP contribution in [0.3, 0.4) is 0 Å². The molecule has 3 rings (SSSR count). The van der Waals surface area contributed by atoms with Gasteiger partial charge in [0.15, 0.2) is 6.04 Å². The van der Waals surface area contributed by atoms with Crippen molar-refractivity contribution in [3.63, 3.8) is 0 Å². The maximum Gasteiger partial charge on any atom is 0.419 e. The van der Waals surface area contributed by atoms with Crippen LogP contribution in [-0.2, 0) is 6.18 Å². The third-order valence-corrected chi connectivity index (χ3v) is 5.86. The predicted octanol–water partition coefficient (Wildman–Crippen LogP) is 5.01. The van der Waals surface area contributed by atoms with Gasteiger partial charge < -0.3 is 9.26 Å². The minimum Gasteiger partial charge on any atom is -0.493 e. The number of benzene rings is 1. The average molecular weight is 469 g/mol. The van der Waals surface area contributed by atoms with E-state index in [4.69, 9.17) is 20.7 Å². The summed E-state index contributed by atoms with van der Waals surface area (Å²) in [5.41, 5.74) is 10.8. The molecule has 0 spiro atoms. The molecule has 10 heteroatoms. The predicted molar refractivity (Wildman–Crippen MR) is 119 cm³/mol. The second kappa shape index (κ2) is 11.4. The first kappa shape index (κ1) is 24.9. The van der Waals surface area contributed by atoms with Gasteiger partial charge in [-0.25, -0.2) is 0 Å². The van der Waals surface area contributed by atoms with Gasteiger partial charge in [-0.2, -0.15) is 18.2 Å². The van der Waals surface area contributed by atoms with E-state index >= 15 is 0 Å². The summed E-state index contributed by atoms with van der Waals surface area (Å²) in [5.74, 6) is 0.327. The molecule has 0 aliphatic carbocycles. The fraction of sp³-hybridized carbons (Fsp3) is 0.609. The largest absolute Gasteiger partial charge is 0.493 e. The lowest BCUT2D eigenvalue weighted by molar-refractivity contribution is -0.555. The Kier molecular flexibility index (Phi) is 8.57. The number of alkyl halides is 3. The molecule has 4 N–H and O–H groups in total. The number of hydrogen-bond acceptors (Lipinski definition) is 4. The Morgan fingerprint density at radius 3 is 2.58 bits per heavy atom. The molecule has 7 nitrogen and oxygen atoms in total. The fourth-order valence-electron chi connectivity index (χ4n) is 4.08. The van der Waals surface area contributed by atoms with E-state index in [0.29, 0.717) is 6.54 Å². The van der Waals surface area contributed by atoms with Crippen LogP contribution in [0, 0.1) is 0 Å². The molecule has 0 saturated carbocycles. The Balaban J connectivity index is 1.67. The van der Waals surface area contributed by atoms with E-state index in [0.717, 1.165) is 44.6 Å². The van der Waals surface area contributed by atoms with Gasteiger partial charge >= 0.3 is 12.1 Å². The normalized spacial score (nSPS) is 16.4. The number of rotatable bonds is 11. The van der Waals surface area contributed by atoms with Gasteiger partial charge in [-0.1, -0.05) is 50.6 Å². The molecular weight excluding hydrogens is 435 g/mol. The Morgan fingerprint density at radius 1 is 1.15 bits per heavy atom. The number of hydrogen-bond donors (Lipinski definition) is 2. The number of guanidine groups is 1. The third-order valence-electron chi connectivity index (χ3n) is 5.86. The van der Waals surface area contributed by atoms with Crippen molar-refractivity contribution in [2.24, 2.45) is 11.5 Å². The zero-order valence-corrected chi connectivity index (χ0v) is 19.0. The molecule has 1 aromatic heterocycles. The summed E-state index contributed by atoms with van der Waals surface area (Å²) >= 11 is 0. The molecule has 1 atom stereocenters. The number of aromatic nitrogens is 2. The van der Waals surface area contributed by atoms with Gasteiger partial charge in [0.25, 0.3) is 5.89 Å². The van der Waals surface area contributed by atoms with E-state index in [1.807, 2.05) is 0 Å². The van der Waals surface area contributed by atoms with Gasteiger partial charge in [0.1, 0.15) is 5.75 Å². The molecule has 1 saturated heterocycles. The lowest BCUT2D eigenvalue weighted by Crippen LogP contribution is -2.35. The van der Waals surface area contributed by atoms with Gasteiger partial charge in [0, 0.05) is 5.56 Å². The first-order valence-electron chi connectivity index (χ1n) is 11.6. The SMILES string of the molecule is CCCCCCCCCOc1ccc(-c2noc([C@@H]3CCC[N+]3=C(N)N)n2)cc1C(F)(F)F. The highest BCUT2D eigenvalue weighted by atomic mass is 19.4. The van der Waals surface area contributed by atoms with Crippen molar-refractivity contribution in [1.29, 1.82) is 0 Å². The number of nitrogens with zero attached hydrogens (tertiary/aromatic N) is 3. The second-order valence-corrected chi connectivity index (χ2v) is 8.41. The summed E-state index contributed by atoms with van der Waals surface area (Å²) in [6.07, 6.45) is 4.49. The van der Waals surface area contributed by atoms with Gasteiger partial charge in [-0.15, -0.1) is 0 Å². The summed E-state index contributed by atoms with van der Waals surface area (Å²) in [6, 6.07) is 3.57. The smallest absolute Gasteiger partial charge is 0.419 e. The molecule has 1 fully saturated rings. The molecule has 0 unspecified atom stereocenters. The molecular formula is C23H33F3N5O2+. The lowest BCUT2D eigenvalue weighted by Gasteiger charge is -2.15. The first-order chi connectivity index (χ1) is 15.8. The van der Waals surface area contributed by atoms with E-state index in [2.05, 4.69) is 17.1 Å². The standard InChI is InChI=1S/C23H32F3N5O2/c1-2-3-4-5-6-7-8-14-32-19-12-11-16(15-17(19)23(24,25)26)20-29-21(33-30-20)18-10-9-13-31(18)22(27)28/h11-12,15,18H,2-10,13-14H2,1H3,(H3,27,28)/p+1/t18-/m0/s1. The summed E-state index contributed by atoms with van der Waals surface area (Å²) < 4.78 is 53.7. The third kappa shape index (κ3) is 6.61. The van der Waals surface area contributed by atoms with Crippen molar-refractivity contribution in [3.05, 3.63) is 29.7 Å². The lowest BCUT2D eigenvalue weighted by atomic mass is 10.1. The molecule has 1 aliphatic heterocycles. The van der Waals surface area contributed by atoms with Crippen LogP contribution in [0.15, 0.2) is 22.7 Å². The zero-order valence-electron chi connectivity index (χ0n) is 19.0. The number of halogens is 3. The van der Waals surface area contributed by atoms with Crippen LogP contribution in [0.2, 0.25) is 0 Å². The highest BCUT2D eigenvalue weighted by Gasteiger charge is 2.36. The van der Waals surface area contributed by atoms with Gasteiger partial charge in [0.05, 0.1) is 18.7 Å². The van der Waals surface area contributed by atoms with E-state index in [1.165, 1.54) is 31.4 Å². The molecule has 2 aromatic rings. The second-order valence-electron chi connectivity index (χ2n) is 8.41. The van der Waals surface area contributed by atoms with E-state index in [-0.39, 0.29) is 41.6 Å². The van der Waals surface area contributed by atoms with Crippen molar-refractivity contribution in [3.8, 4) is 17.1 Å². The zero-order chi connectivity index (χ0) is 23.8. The topological polar surface area (TPSA) is 103 Å². The van der Waals surface area contributed by atoms with E-state index in [1.54, 1.807) is 4.58 Å². The maximum absolute atomic E-state index is 13.7. The van der Waals surface area contributed by atoms with Crippen LogP contribution in [0.1, 0.15) is 82.2 Å². The summed E-state index contributed by atoms with van der Waals surface area (Å²) in [6.45, 7) is 3.07. The number of ether oxygens (including phenoxy) is 1. The van der Waals surface area contributed by atoms with Gasteiger partial charge in [0.2, 0.25) is 5.82 Å². The monoisotopic (exact) mass is 468 g/mol. The highest BCUT2D eigenvalue weighted by Crippen LogP contribution is 2.39. The van der Waals surface area contributed by atoms with Crippen LogP contribution < -0.4 is 16.2 Å². The van der Waals surface area contributed by atoms with Crippen molar-refractivity contribution < 1.29 is 27.0 Å². The Labute approximate surface area is 192 Å². The summed E-state index contributed by atoms with van der Waals surface area (Å²) in [4.78, 5) is 4.31. The summed E-state index contributed by atoms with van der Waals surface area (Å²) in [5, 5.41) is 3.88. The number of nitrogens with two attached hydrogens (primary N) is 2. The molecule has 0 amide bonds. The molecule has 182 valence electrons. The van der Waals surface area contributed by atoms with Crippen LogP contribution in [-0.4, -0.2) is 33.8 Å². The van der Waals surface area contributed by atoms with E-state index in [9.17, 15) is 13.2 Å². The Bertz CT molecular complexity index is 938. The molecule has 2 heterocycles. The fourth-order valence-corrected chi connectivity index (χ4v) is 4.08. The Morgan fingerprint density at radius 2 is 1.88 bits per heavy atom. The highest BCUT2D eigenvalue weighted by molar-refractivity contribution is 5.70. The molecule has 0 radical (unpaired) electrons. The molecule has 1 aliphatic rings. The van der Waals surface area contributed by atoms with E-state index < -0.39 is 11.7 Å².